The van der Waals surface area contributed by atoms with E-state index in [1.165, 1.54) is 36.8 Å². The van der Waals surface area contributed by atoms with E-state index in [0.717, 1.165) is 37.2 Å². The first-order valence-electron chi connectivity index (χ1n) is 10.9. The number of esters is 1. The molecule has 0 saturated heterocycles. The van der Waals surface area contributed by atoms with E-state index in [0.29, 0.717) is 24.2 Å². The van der Waals surface area contributed by atoms with Gasteiger partial charge in [0, 0.05) is 12.0 Å². The smallest absolute Gasteiger partial charge is 0.333 e. The Bertz CT molecular complexity index is 730. The molecule has 0 aromatic carbocycles. The van der Waals surface area contributed by atoms with Crippen LogP contribution >= 0.6 is 0 Å². The van der Waals surface area contributed by atoms with Crippen LogP contribution in [0, 0.1) is 28.6 Å². The summed E-state index contributed by atoms with van der Waals surface area (Å²) in [6.07, 6.45) is 10.7. The van der Waals surface area contributed by atoms with Crippen molar-refractivity contribution in [3.8, 4) is 0 Å². The van der Waals surface area contributed by atoms with Crippen molar-refractivity contribution in [3.05, 3.63) is 22.8 Å². The Labute approximate surface area is 163 Å². The second-order valence-corrected chi connectivity index (χ2v) is 9.79. The summed E-state index contributed by atoms with van der Waals surface area (Å²) in [5, 5.41) is 0. The summed E-state index contributed by atoms with van der Waals surface area (Å²) >= 11 is 0. The second kappa shape index (κ2) is 6.60. The fourth-order valence-corrected chi connectivity index (χ4v) is 7.35. The lowest BCUT2D eigenvalue weighted by Crippen LogP contribution is -2.49. The average molecular weight is 371 g/mol. The van der Waals surface area contributed by atoms with Gasteiger partial charge in [-0.2, -0.15) is 0 Å². The van der Waals surface area contributed by atoms with E-state index in [4.69, 9.17) is 4.74 Å². The highest BCUT2D eigenvalue weighted by atomic mass is 16.5. The van der Waals surface area contributed by atoms with Crippen molar-refractivity contribution in [2.24, 2.45) is 28.6 Å². The summed E-state index contributed by atoms with van der Waals surface area (Å²) in [4.78, 5) is 24.3. The molecule has 5 atom stereocenters. The summed E-state index contributed by atoms with van der Waals surface area (Å²) in [5.41, 5.74) is 4.04. The lowest BCUT2D eigenvalue weighted by molar-refractivity contribution is -0.138. The number of fused-ring (bicyclic) bond motifs is 5. The summed E-state index contributed by atoms with van der Waals surface area (Å²) in [7, 11) is 0. The van der Waals surface area contributed by atoms with Crippen molar-refractivity contribution >= 4 is 11.8 Å². The first-order valence-corrected chi connectivity index (χ1v) is 10.9. The maximum Gasteiger partial charge on any atom is 0.333 e. The molecule has 0 spiro atoms. The quantitative estimate of drug-likeness (QED) is 0.483. The Hall–Kier alpha value is -1.38. The lowest BCUT2D eigenvalue weighted by Gasteiger charge is -2.57. The number of ketones is 1. The highest BCUT2D eigenvalue weighted by Gasteiger charge is 2.58. The van der Waals surface area contributed by atoms with Crippen molar-refractivity contribution in [1.29, 1.82) is 0 Å². The van der Waals surface area contributed by atoms with Gasteiger partial charge in [0.15, 0.2) is 5.78 Å². The number of carbonyl (C=O) groups is 2. The Balaban J connectivity index is 1.65. The molecule has 148 valence electrons. The molecule has 0 aromatic heterocycles. The molecule has 0 N–H and O–H groups in total. The summed E-state index contributed by atoms with van der Waals surface area (Å²) in [5.74, 6) is 2.31. The zero-order valence-corrected chi connectivity index (χ0v) is 17.4. The van der Waals surface area contributed by atoms with Gasteiger partial charge in [-0.05, 0) is 93.5 Å². The first kappa shape index (κ1) is 19.0. The summed E-state index contributed by atoms with van der Waals surface area (Å²) in [6.45, 7) is 9.14. The third-order valence-electron chi connectivity index (χ3n) is 8.78. The highest BCUT2D eigenvalue weighted by Crippen LogP contribution is 2.66. The molecular formula is C24H34O3. The van der Waals surface area contributed by atoms with Crippen LogP contribution in [0.4, 0.5) is 0 Å². The van der Waals surface area contributed by atoms with E-state index in [1.807, 2.05) is 19.9 Å². The zero-order valence-electron chi connectivity index (χ0n) is 17.4. The molecule has 3 saturated carbocycles. The minimum Gasteiger partial charge on any atom is -0.463 e. The Kier molecular flexibility index (Phi) is 4.63. The van der Waals surface area contributed by atoms with Gasteiger partial charge >= 0.3 is 5.97 Å². The highest BCUT2D eigenvalue weighted by molar-refractivity contribution is 5.91. The molecule has 0 unspecified atom stereocenters. The standard InChI is InChI=1S/C24H34O3/c1-5-27-22(26)15(2)19-8-9-20-18-7-6-16-14-17(25)10-12-23(16,3)21(18)11-13-24(19,20)4/h14,18,20-21H,5-13H2,1-4H3/t18-,20-,21-,23-,24+/m0/s1. The van der Waals surface area contributed by atoms with Gasteiger partial charge in [0.1, 0.15) is 0 Å². The first-order chi connectivity index (χ1) is 12.8. The Morgan fingerprint density at radius 3 is 2.56 bits per heavy atom. The number of carbonyl (C=O) groups excluding carboxylic acids is 2. The topological polar surface area (TPSA) is 43.4 Å². The van der Waals surface area contributed by atoms with Crippen LogP contribution in [0.5, 0.6) is 0 Å². The van der Waals surface area contributed by atoms with Gasteiger partial charge in [-0.1, -0.05) is 25.0 Å². The fourth-order valence-electron chi connectivity index (χ4n) is 7.35. The number of allylic oxidation sites excluding steroid dienone is 2. The van der Waals surface area contributed by atoms with E-state index in [1.54, 1.807) is 0 Å². The molecule has 27 heavy (non-hydrogen) atoms. The summed E-state index contributed by atoms with van der Waals surface area (Å²) < 4.78 is 5.31. The van der Waals surface area contributed by atoms with Gasteiger partial charge < -0.3 is 4.74 Å². The van der Waals surface area contributed by atoms with E-state index in [2.05, 4.69) is 13.8 Å². The van der Waals surface area contributed by atoms with Gasteiger partial charge in [0.2, 0.25) is 0 Å². The van der Waals surface area contributed by atoms with Crippen molar-refractivity contribution < 1.29 is 14.3 Å². The van der Waals surface area contributed by atoms with Crippen LogP contribution in [-0.4, -0.2) is 18.4 Å². The average Bonchev–Trinajstić information content (AvgIpc) is 2.99. The molecule has 4 aliphatic rings. The van der Waals surface area contributed by atoms with Crippen LogP contribution in [-0.2, 0) is 14.3 Å². The normalized spacial score (nSPS) is 42.6. The predicted octanol–water partition coefficient (Wildman–Crippen LogP) is 5.40. The number of hydrogen-bond acceptors (Lipinski definition) is 3. The molecule has 0 radical (unpaired) electrons. The molecule has 0 heterocycles. The van der Waals surface area contributed by atoms with Crippen LogP contribution in [0.3, 0.4) is 0 Å². The minimum atomic E-state index is -0.122. The molecule has 3 nitrogen and oxygen atoms in total. The molecule has 0 aromatic rings. The molecule has 0 bridgehead atoms. The van der Waals surface area contributed by atoms with Crippen molar-refractivity contribution in [2.45, 2.75) is 79.1 Å². The van der Waals surface area contributed by atoms with E-state index < -0.39 is 0 Å². The van der Waals surface area contributed by atoms with Gasteiger partial charge in [0.05, 0.1) is 6.61 Å². The molecule has 4 rings (SSSR count). The maximum absolute atomic E-state index is 12.4. The number of hydrogen-bond donors (Lipinski definition) is 0. The number of ether oxygens (including phenoxy) is 1. The molecule has 3 heteroatoms. The van der Waals surface area contributed by atoms with E-state index in [9.17, 15) is 9.59 Å². The monoisotopic (exact) mass is 370 g/mol. The molecule has 3 fully saturated rings. The zero-order chi connectivity index (χ0) is 19.4. The van der Waals surface area contributed by atoms with Crippen molar-refractivity contribution in [1.82, 2.24) is 0 Å². The molecule has 0 amide bonds. The SMILES string of the molecule is CCOC(=O)C(C)=C1CC[C@H]2[C@@H]3CCC4=CC(=O)CC[C@]4(C)[C@H]3CC[C@]12C. The third-order valence-corrected chi connectivity index (χ3v) is 8.78. The molecular weight excluding hydrogens is 336 g/mol. The van der Waals surface area contributed by atoms with Gasteiger partial charge in [-0.25, -0.2) is 4.79 Å². The largest absolute Gasteiger partial charge is 0.463 e. The van der Waals surface area contributed by atoms with E-state index in [-0.39, 0.29) is 16.8 Å². The maximum atomic E-state index is 12.4. The Morgan fingerprint density at radius 1 is 1.07 bits per heavy atom. The summed E-state index contributed by atoms with van der Waals surface area (Å²) in [6, 6.07) is 0. The lowest BCUT2D eigenvalue weighted by atomic mass is 9.47. The predicted molar refractivity (Wildman–Crippen MR) is 106 cm³/mol. The van der Waals surface area contributed by atoms with Crippen molar-refractivity contribution in [3.63, 3.8) is 0 Å². The molecule has 0 aliphatic heterocycles. The Morgan fingerprint density at radius 2 is 1.81 bits per heavy atom. The van der Waals surface area contributed by atoms with Crippen LogP contribution in [0.2, 0.25) is 0 Å². The van der Waals surface area contributed by atoms with Crippen molar-refractivity contribution in [2.75, 3.05) is 6.61 Å². The van der Waals surface area contributed by atoms with E-state index >= 15 is 0 Å². The second-order valence-electron chi connectivity index (χ2n) is 9.79. The van der Waals surface area contributed by atoms with Crippen LogP contribution in [0.1, 0.15) is 79.1 Å². The van der Waals surface area contributed by atoms with Crippen LogP contribution in [0.25, 0.3) is 0 Å². The third kappa shape index (κ3) is 2.76. The van der Waals surface area contributed by atoms with Gasteiger partial charge in [-0.15, -0.1) is 0 Å². The minimum absolute atomic E-state index is 0.122. The molecule has 4 aliphatic carbocycles. The van der Waals surface area contributed by atoms with Crippen LogP contribution < -0.4 is 0 Å². The van der Waals surface area contributed by atoms with Gasteiger partial charge in [-0.3, -0.25) is 4.79 Å². The number of rotatable bonds is 2. The van der Waals surface area contributed by atoms with Gasteiger partial charge in [0.25, 0.3) is 0 Å². The fraction of sp³-hybridized carbons (Fsp3) is 0.750. The van der Waals surface area contributed by atoms with Crippen LogP contribution in [0.15, 0.2) is 22.8 Å².